The number of benzene rings is 1. The lowest BCUT2D eigenvalue weighted by Crippen LogP contribution is -2.35. The van der Waals surface area contributed by atoms with Gasteiger partial charge in [-0.3, -0.25) is 0 Å². The van der Waals surface area contributed by atoms with E-state index in [1.807, 2.05) is 6.92 Å². The van der Waals surface area contributed by atoms with E-state index < -0.39 is 9.84 Å². The van der Waals surface area contributed by atoms with E-state index >= 15 is 0 Å². The van der Waals surface area contributed by atoms with Gasteiger partial charge >= 0.3 is 0 Å². The summed E-state index contributed by atoms with van der Waals surface area (Å²) >= 11 is 0. The van der Waals surface area contributed by atoms with Gasteiger partial charge in [0.2, 0.25) is 0 Å². The lowest BCUT2D eigenvalue weighted by Gasteiger charge is -2.18. The smallest absolute Gasteiger partial charge is 0.178 e. The highest BCUT2D eigenvalue weighted by molar-refractivity contribution is 7.91. The summed E-state index contributed by atoms with van der Waals surface area (Å²) in [4.78, 5) is 0.242. The van der Waals surface area contributed by atoms with Crippen LogP contribution in [0.3, 0.4) is 0 Å². The van der Waals surface area contributed by atoms with Gasteiger partial charge in [-0.15, -0.1) is 0 Å². The van der Waals surface area contributed by atoms with Gasteiger partial charge < -0.3 is 10.8 Å². The number of phenols is 1. The summed E-state index contributed by atoms with van der Waals surface area (Å²) < 4.78 is 24.2. The highest BCUT2D eigenvalue weighted by Crippen LogP contribution is 2.40. The Morgan fingerprint density at radius 1 is 1.35 bits per heavy atom. The molecule has 0 bridgehead atoms. The molecule has 1 aliphatic rings. The molecule has 0 heterocycles. The molecule has 17 heavy (non-hydrogen) atoms. The molecule has 0 aliphatic heterocycles. The molecule has 2 rings (SSSR count). The van der Waals surface area contributed by atoms with Gasteiger partial charge in [0.05, 0.1) is 10.6 Å². The van der Waals surface area contributed by atoms with Crippen molar-refractivity contribution in [2.75, 3.05) is 5.75 Å². The second kappa shape index (κ2) is 3.99. The molecule has 0 saturated heterocycles. The van der Waals surface area contributed by atoms with Gasteiger partial charge in [-0.05, 0) is 43.0 Å². The van der Waals surface area contributed by atoms with E-state index in [1.165, 1.54) is 24.3 Å². The minimum atomic E-state index is -3.31. The van der Waals surface area contributed by atoms with E-state index in [-0.39, 0.29) is 27.9 Å². The van der Waals surface area contributed by atoms with Crippen molar-refractivity contribution in [2.45, 2.75) is 30.2 Å². The van der Waals surface area contributed by atoms with Crippen molar-refractivity contribution in [3.63, 3.8) is 0 Å². The molecule has 0 spiro atoms. The largest absolute Gasteiger partial charge is 0.508 e. The number of phenolic OH excluding ortho intramolecular Hbond substituents is 1. The first-order chi connectivity index (χ1) is 7.83. The Labute approximate surface area is 101 Å². The van der Waals surface area contributed by atoms with E-state index in [0.717, 1.165) is 12.8 Å². The summed E-state index contributed by atoms with van der Waals surface area (Å²) in [6.07, 6.45) is 1.80. The second-order valence-electron chi connectivity index (χ2n) is 4.91. The second-order valence-corrected chi connectivity index (χ2v) is 6.94. The van der Waals surface area contributed by atoms with Crippen LogP contribution in [0.4, 0.5) is 0 Å². The zero-order valence-corrected chi connectivity index (χ0v) is 10.6. The molecule has 1 aromatic carbocycles. The predicted molar refractivity (Wildman–Crippen MR) is 65.5 cm³/mol. The van der Waals surface area contributed by atoms with Gasteiger partial charge in [0.15, 0.2) is 9.84 Å². The molecule has 1 unspecified atom stereocenters. The molecule has 1 atom stereocenters. The maximum Gasteiger partial charge on any atom is 0.178 e. The lowest BCUT2D eigenvalue weighted by atomic mass is 10.0. The van der Waals surface area contributed by atoms with Crippen LogP contribution >= 0.6 is 0 Å². The highest BCUT2D eigenvalue weighted by atomic mass is 32.2. The Hall–Kier alpha value is -1.07. The van der Waals surface area contributed by atoms with Gasteiger partial charge in [-0.2, -0.15) is 0 Å². The number of rotatable bonds is 4. The van der Waals surface area contributed by atoms with Crippen LogP contribution in [-0.4, -0.2) is 24.8 Å². The van der Waals surface area contributed by atoms with Crippen LogP contribution in [0.15, 0.2) is 29.2 Å². The number of nitrogens with two attached hydrogens (primary N) is 1. The Balaban J connectivity index is 2.16. The van der Waals surface area contributed by atoms with Crippen molar-refractivity contribution in [3.05, 3.63) is 24.3 Å². The fourth-order valence-corrected chi connectivity index (χ4v) is 3.62. The van der Waals surface area contributed by atoms with Crippen molar-refractivity contribution in [2.24, 2.45) is 11.7 Å². The molecule has 1 aliphatic carbocycles. The Morgan fingerprint density at radius 2 is 1.88 bits per heavy atom. The van der Waals surface area contributed by atoms with Crippen LogP contribution in [0.2, 0.25) is 0 Å². The average molecular weight is 255 g/mol. The summed E-state index contributed by atoms with van der Waals surface area (Å²) in [6, 6.07) is 5.61. The Kier molecular flexibility index (Phi) is 2.91. The van der Waals surface area contributed by atoms with Gasteiger partial charge in [-0.1, -0.05) is 6.92 Å². The first kappa shape index (κ1) is 12.4. The SMILES string of the molecule is CC(CS(=O)(=O)c1ccc(O)cc1)C1(N)CC1. The van der Waals surface area contributed by atoms with Crippen molar-refractivity contribution < 1.29 is 13.5 Å². The van der Waals surface area contributed by atoms with Gasteiger partial charge in [-0.25, -0.2) is 8.42 Å². The first-order valence-electron chi connectivity index (χ1n) is 5.64. The Bertz CT molecular complexity index is 503. The quantitative estimate of drug-likeness (QED) is 0.849. The van der Waals surface area contributed by atoms with Gasteiger partial charge in [0, 0.05) is 5.54 Å². The monoisotopic (exact) mass is 255 g/mol. The molecular weight excluding hydrogens is 238 g/mol. The van der Waals surface area contributed by atoms with Crippen molar-refractivity contribution in [1.29, 1.82) is 0 Å². The Morgan fingerprint density at radius 3 is 2.35 bits per heavy atom. The topological polar surface area (TPSA) is 80.4 Å². The molecule has 1 aromatic rings. The fourth-order valence-electron chi connectivity index (χ4n) is 1.88. The van der Waals surface area contributed by atoms with E-state index in [9.17, 15) is 8.42 Å². The van der Waals surface area contributed by atoms with Crippen LogP contribution in [0.25, 0.3) is 0 Å². The zero-order valence-electron chi connectivity index (χ0n) is 9.76. The lowest BCUT2D eigenvalue weighted by molar-refractivity contribution is 0.470. The molecule has 4 nitrogen and oxygen atoms in total. The summed E-state index contributed by atoms with van der Waals surface area (Å²) in [5, 5.41) is 9.13. The van der Waals surface area contributed by atoms with Crippen LogP contribution in [-0.2, 0) is 9.84 Å². The van der Waals surface area contributed by atoms with Crippen molar-refractivity contribution in [3.8, 4) is 5.75 Å². The molecular formula is C12H17NO3S. The molecule has 5 heteroatoms. The molecule has 94 valence electrons. The number of hydrogen-bond donors (Lipinski definition) is 2. The van der Waals surface area contributed by atoms with Crippen molar-refractivity contribution in [1.82, 2.24) is 0 Å². The predicted octanol–water partition coefficient (Wildman–Crippen LogP) is 1.29. The molecule has 0 amide bonds. The maximum atomic E-state index is 12.1. The molecule has 3 N–H and O–H groups in total. The standard InChI is InChI=1S/C12H17NO3S/c1-9(12(13)6-7-12)8-17(15,16)11-4-2-10(14)3-5-11/h2-5,9,14H,6-8,13H2,1H3. The molecule has 0 radical (unpaired) electrons. The zero-order chi connectivity index (χ0) is 12.7. The average Bonchev–Trinajstić information content (AvgIpc) is 2.98. The third-order valence-electron chi connectivity index (χ3n) is 3.47. The number of sulfone groups is 1. The van der Waals surface area contributed by atoms with E-state index in [2.05, 4.69) is 0 Å². The number of hydrogen-bond acceptors (Lipinski definition) is 4. The normalized spacial score (nSPS) is 19.9. The number of aromatic hydroxyl groups is 1. The van der Waals surface area contributed by atoms with E-state index in [4.69, 9.17) is 10.8 Å². The first-order valence-corrected chi connectivity index (χ1v) is 7.29. The van der Waals surface area contributed by atoms with E-state index in [1.54, 1.807) is 0 Å². The minimum Gasteiger partial charge on any atom is -0.508 e. The van der Waals surface area contributed by atoms with Crippen molar-refractivity contribution >= 4 is 9.84 Å². The molecule has 1 saturated carbocycles. The van der Waals surface area contributed by atoms with Gasteiger partial charge in [0.1, 0.15) is 5.75 Å². The van der Waals surface area contributed by atoms with Crippen LogP contribution < -0.4 is 5.73 Å². The van der Waals surface area contributed by atoms with Crippen LogP contribution in [0.1, 0.15) is 19.8 Å². The van der Waals surface area contributed by atoms with E-state index in [0.29, 0.717) is 0 Å². The van der Waals surface area contributed by atoms with Crippen LogP contribution in [0.5, 0.6) is 5.75 Å². The molecule has 0 aromatic heterocycles. The summed E-state index contributed by atoms with van der Waals surface area (Å²) in [7, 11) is -3.31. The summed E-state index contributed by atoms with van der Waals surface area (Å²) in [6.45, 7) is 1.88. The third-order valence-corrected chi connectivity index (χ3v) is 5.40. The summed E-state index contributed by atoms with van der Waals surface area (Å²) in [5.41, 5.74) is 5.71. The molecule has 1 fully saturated rings. The van der Waals surface area contributed by atoms with Crippen LogP contribution in [0, 0.1) is 5.92 Å². The highest BCUT2D eigenvalue weighted by Gasteiger charge is 2.44. The maximum absolute atomic E-state index is 12.1. The third kappa shape index (κ3) is 2.61. The van der Waals surface area contributed by atoms with Gasteiger partial charge in [0.25, 0.3) is 0 Å². The fraction of sp³-hybridized carbons (Fsp3) is 0.500. The summed E-state index contributed by atoms with van der Waals surface area (Å²) in [5.74, 6) is 0.0876. The minimum absolute atomic E-state index is 0.0405.